The minimum absolute atomic E-state index is 0.0232. The van der Waals surface area contributed by atoms with Crippen molar-refractivity contribution >= 4 is 40.9 Å². The number of hydrogen-bond acceptors (Lipinski definition) is 6. The zero-order valence-electron chi connectivity index (χ0n) is 26.6. The fraction of sp³-hybridized carbons (Fsp3) is 0.852. The number of hydrogen-bond donors (Lipinski definition) is 2. The quantitative estimate of drug-likeness (QED) is 0.289. The predicted octanol–water partition coefficient (Wildman–Crippen LogP) is 6.59. The molecular weight excluding hydrogens is 612 g/mol. The van der Waals surface area contributed by atoms with Gasteiger partial charge in [-0.3, -0.25) is 14.3 Å². The molecule has 12 heteroatoms. The molecule has 1 aromatic rings. The molecule has 8 nitrogen and oxygen atoms in total. The van der Waals surface area contributed by atoms with Gasteiger partial charge < -0.3 is 18.4 Å². The van der Waals surface area contributed by atoms with E-state index in [9.17, 15) is 14.4 Å². The third-order valence-electron chi connectivity index (χ3n) is 9.72. The van der Waals surface area contributed by atoms with E-state index in [1.807, 2.05) is 13.1 Å². The smallest absolute Gasteiger partial charge is 0.330 e. The minimum atomic E-state index is -2.62. The third kappa shape index (κ3) is 7.74. The van der Waals surface area contributed by atoms with Crippen LogP contribution in [-0.2, 0) is 13.6 Å². The van der Waals surface area contributed by atoms with Crippen LogP contribution in [0, 0.1) is 5.92 Å². The van der Waals surface area contributed by atoms with Crippen molar-refractivity contribution in [3.63, 3.8) is 0 Å². The molecule has 0 radical (unpaired) electrons. The first kappa shape index (κ1) is 34.8. The van der Waals surface area contributed by atoms with Gasteiger partial charge in [-0.15, -0.1) is 0 Å². The van der Waals surface area contributed by atoms with Gasteiger partial charge in [0.2, 0.25) is 0 Å². The maximum absolute atomic E-state index is 13.1. The van der Waals surface area contributed by atoms with Gasteiger partial charge >= 0.3 is 5.69 Å². The van der Waals surface area contributed by atoms with E-state index in [0.29, 0.717) is 13.0 Å². The zero-order valence-corrected chi connectivity index (χ0v) is 31.2. The molecule has 0 aromatic carbocycles. The Labute approximate surface area is 246 Å². The molecule has 1 fully saturated rings. The summed E-state index contributed by atoms with van der Waals surface area (Å²) in [6, 6.07) is 0. The van der Waals surface area contributed by atoms with Gasteiger partial charge in [0.1, 0.15) is 12.3 Å². The monoisotopic (exact) mass is 664 g/mol. The first-order chi connectivity index (χ1) is 17.2. The molecular formula is C27H53BrN2O6Si3. The van der Waals surface area contributed by atoms with E-state index >= 15 is 0 Å². The standard InChI is InChI=1S/C27H53BrN2O6Si3/c1-25(2,3)38(11,12)34-17-20-21(36-39(13,14)26(4,5)6)18(15-27(7,8)37(9,10)33)23(35-20)30-16-19(28)22(31)29-24(30)32/h16,18,20-21,23,33H,15,17H2,1-14H3,(H,29,31,32)/t18-,20+,21?,23+/m0/s1. The molecule has 1 aliphatic rings. The van der Waals surface area contributed by atoms with Crippen LogP contribution in [0.4, 0.5) is 0 Å². The van der Waals surface area contributed by atoms with E-state index in [-0.39, 0.29) is 26.6 Å². The molecule has 1 saturated heterocycles. The van der Waals surface area contributed by atoms with Crippen molar-refractivity contribution in [3.8, 4) is 0 Å². The molecule has 0 bridgehead atoms. The van der Waals surface area contributed by atoms with Crippen molar-refractivity contribution in [2.45, 2.75) is 135 Å². The van der Waals surface area contributed by atoms with Crippen LogP contribution < -0.4 is 11.2 Å². The Kier molecular flexibility index (Phi) is 10.2. The topological polar surface area (TPSA) is 103 Å². The van der Waals surface area contributed by atoms with Gasteiger partial charge in [-0.25, -0.2) is 4.79 Å². The van der Waals surface area contributed by atoms with Gasteiger partial charge in [0.25, 0.3) is 5.56 Å². The number of rotatable bonds is 9. The Morgan fingerprint density at radius 1 is 0.974 bits per heavy atom. The normalized spacial score (nSPS) is 23.9. The average Bonchev–Trinajstić information content (AvgIpc) is 3.02. The van der Waals surface area contributed by atoms with Crippen LogP contribution >= 0.6 is 15.9 Å². The predicted molar refractivity (Wildman–Crippen MR) is 170 cm³/mol. The summed E-state index contributed by atoms with van der Waals surface area (Å²) >= 11 is 3.29. The summed E-state index contributed by atoms with van der Waals surface area (Å²) < 4.78 is 22.2. The summed E-state index contributed by atoms with van der Waals surface area (Å²) in [7, 11) is -7.00. The number of aromatic amines is 1. The van der Waals surface area contributed by atoms with Crippen LogP contribution in [0.2, 0.25) is 54.4 Å². The van der Waals surface area contributed by atoms with E-state index in [0.717, 1.165) is 0 Å². The van der Waals surface area contributed by atoms with Gasteiger partial charge in [0.05, 0.1) is 17.2 Å². The highest BCUT2D eigenvalue weighted by Gasteiger charge is 2.54. The highest BCUT2D eigenvalue weighted by Crippen LogP contribution is 2.51. The molecule has 0 amide bonds. The van der Waals surface area contributed by atoms with Crippen LogP contribution in [0.3, 0.4) is 0 Å². The number of nitrogens with one attached hydrogen (secondary N) is 1. The Bertz CT molecular complexity index is 1130. The lowest BCUT2D eigenvalue weighted by Gasteiger charge is -2.44. The number of nitrogens with zero attached hydrogens (tertiary/aromatic N) is 1. The first-order valence-corrected chi connectivity index (χ1v) is 23.5. The molecule has 1 unspecified atom stereocenters. The second-order valence-electron chi connectivity index (χ2n) is 15.4. The Morgan fingerprint density at radius 2 is 1.49 bits per heavy atom. The average molecular weight is 666 g/mol. The van der Waals surface area contributed by atoms with Crippen molar-refractivity contribution in [1.82, 2.24) is 9.55 Å². The van der Waals surface area contributed by atoms with Crippen LogP contribution in [-0.4, -0.2) is 58.1 Å². The highest BCUT2D eigenvalue weighted by atomic mass is 79.9. The molecule has 0 spiro atoms. The molecule has 226 valence electrons. The highest BCUT2D eigenvalue weighted by molar-refractivity contribution is 9.10. The number of ether oxygens (including phenoxy) is 1. The van der Waals surface area contributed by atoms with E-state index in [2.05, 4.69) is 102 Å². The summed E-state index contributed by atoms with van der Waals surface area (Å²) in [5.74, 6) is -0.253. The summed E-state index contributed by atoms with van der Waals surface area (Å²) in [5.41, 5.74) is -1.02. The Morgan fingerprint density at radius 3 is 1.95 bits per heavy atom. The van der Waals surface area contributed by atoms with Crippen molar-refractivity contribution < 1.29 is 18.4 Å². The molecule has 39 heavy (non-hydrogen) atoms. The molecule has 2 heterocycles. The fourth-order valence-corrected chi connectivity index (χ4v) is 7.52. The lowest BCUT2D eigenvalue weighted by molar-refractivity contribution is -0.0448. The molecule has 2 rings (SSSR count). The number of H-pyrrole nitrogens is 1. The largest absolute Gasteiger partial charge is 0.432 e. The summed E-state index contributed by atoms with van der Waals surface area (Å²) in [6.07, 6.45) is 0.637. The maximum atomic E-state index is 13.1. The summed E-state index contributed by atoms with van der Waals surface area (Å²) in [4.78, 5) is 38.9. The van der Waals surface area contributed by atoms with Gasteiger partial charge in [-0.2, -0.15) is 0 Å². The molecule has 2 N–H and O–H groups in total. The van der Waals surface area contributed by atoms with Gasteiger partial charge in [0.15, 0.2) is 25.0 Å². The second-order valence-corrected chi connectivity index (χ2v) is 30.3. The second kappa shape index (κ2) is 11.4. The lowest BCUT2D eigenvalue weighted by Crippen LogP contribution is -2.51. The van der Waals surface area contributed by atoms with Crippen molar-refractivity contribution in [3.05, 3.63) is 31.5 Å². The third-order valence-corrected chi connectivity index (χ3v) is 22.8. The molecule has 0 aliphatic carbocycles. The Balaban J connectivity index is 2.70. The van der Waals surface area contributed by atoms with Crippen LogP contribution in [0.25, 0.3) is 0 Å². The number of aromatic nitrogens is 2. The van der Waals surface area contributed by atoms with E-state index in [4.69, 9.17) is 13.6 Å². The maximum Gasteiger partial charge on any atom is 0.330 e. The number of halogens is 1. The van der Waals surface area contributed by atoms with E-state index in [1.54, 1.807) is 0 Å². The zero-order chi connectivity index (χ0) is 30.6. The molecule has 1 aliphatic heterocycles. The van der Waals surface area contributed by atoms with Gasteiger partial charge in [-0.1, -0.05) is 55.4 Å². The molecule has 0 saturated carbocycles. The lowest BCUT2D eigenvalue weighted by atomic mass is 9.89. The van der Waals surface area contributed by atoms with E-state index in [1.165, 1.54) is 10.8 Å². The van der Waals surface area contributed by atoms with E-state index < -0.39 is 53.6 Å². The van der Waals surface area contributed by atoms with Crippen molar-refractivity contribution in [2.75, 3.05) is 6.61 Å². The SMILES string of the molecule is CC(C)(C[C@H]1C(O[Si](C)(C)C(C)(C)C)[C@@H](CO[Si](C)(C)C(C)(C)C)O[C@H]1n1cc(Br)c(=O)[nH]c1=O)[Si](C)(C)O. The first-order valence-electron chi connectivity index (χ1n) is 13.9. The van der Waals surface area contributed by atoms with Crippen LogP contribution in [0.5, 0.6) is 0 Å². The summed E-state index contributed by atoms with van der Waals surface area (Å²) in [5, 5.41) is -0.416. The van der Waals surface area contributed by atoms with Crippen molar-refractivity contribution in [2.24, 2.45) is 5.92 Å². The minimum Gasteiger partial charge on any atom is -0.432 e. The summed E-state index contributed by atoms with van der Waals surface area (Å²) in [6.45, 7) is 30.5. The fourth-order valence-electron chi connectivity index (χ4n) is 4.09. The van der Waals surface area contributed by atoms with Gasteiger partial charge in [-0.05, 0) is 76.7 Å². The van der Waals surface area contributed by atoms with Gasteiger partial charge in [0, 0.05) is 12.1 Å². The molecule has 4 atom stereocenters. The Hall–Kier alpha value is -0.349. The van der Waals surface area contributed by atoms with Crippen LogP contribution in [0.1, 0.15) is 68.0 Å². The van der Waals surface area contributed by atoms with Crippen LogP contribution in [0.15, 0.2) is 20.3 Å². The van der Waals surface area contributed by atoms with Crippen molar-refractivity contribution in [1.29, 1.82) is 0 Å². The molecule has 1 aromatic heterocycles.